The first-order chi connectivity index (χ1) is 11.2. The van der Waals surface area contributed by atoms with Crippen LogP contribution in [0.1, 0.15) is 51.4 Å². The number of amides is 2. The maximum atomic E-state index is 12.3. The monoisotopic (exact) mass is 338 g/mol. The smallest absolute Gasteiger partial charge is 0.315 e. The fourth-order valence-corrected chi connectivity index (χ4v) is 6.86. The molecule has 5 aliphatic rings. The second-order valence-electron chi connectivity index (χ2n) is 8.26. The molecule has 130 valence electrons. The van der Waals surface area contributed by atoms with Gasteiger partial charge in [0.25, 0.3) is 0 Å². The zero-order chi connectivity index (χ0) is 15.7. The van der Waals surface area contributed by atoms with Gasteiger partial charge in [0.15, 0.2) is 0 Å². The lowest BCUT2D eigenvalue weighted by Crippen LogP contribution is -2.61. The number of carbonyl (C=O) groups is 1. The number of thioether (sulfide) groups is 1. The summed E-state index contributed by atoms with van der Waals surface area (Å²) < 4.78 is 5.39. The van der Waals surface area contributed by atoms with Gasteiger partial charge in [-0.1, -0.05) is 0 Å². The minimum absolute atomic E-state index is 0.0690. The molecule has 1 aliphatic heterocycles. The third kappa shape index (κ3) is 3.81. The molecule has 0 aromatic rings. The molecule has 0 spiro atoms. The standard InChI is InChI=1S/C18H30N2O2S/c21-17(19-3-6-23-16-1-4-22-5-2-16)20-18-10-13-7-14(11-18)9-15(8-13)12-18/h13-16H,1-12H2,(H2,19,20,21). The average molecular weight is 339 g/mol. The van der Waals surface area contributed by atoms with Crippen LogP contribution in [-0.2, 0) is 4.74 Å². The van der Waals surface area contributed by atoms with Gasteiger partial charge < -0.3 is 15.4 Å². The van der Waals surface area contributed by atoms with Gasteiger partial charge in [-0.3, -0.25) is 0 Å². The lowest BCUT2D eigenvalue weighted by molar-refractivity contribution is -0.0134. The average Bonchev–Trinajstić information content (AvgIpc) is 2.51. The molecule has 4 aliphatic carbocycles. The molecule has 23 heavy (non-hydrogen) atoms. The van der Waals surface area contributed by atoms with Crippen LogP contribution in [-0.4, -0.2) is 42.3 Å². The number of hydrogen-bond acceptors (Lipinski definition) is 3. The minimum Gasteiger partial charge on any atom is -0.381 e. The van der Waals surface area contributed by atoms with Gasteiger partial charge in [0, 0.05) is 36.3 Å². The molecule has 1 heterocycles. The number of hydrogen-bond donors (Lipinski definition) is 2. The van der Waals surface area contributed by atoms with E-state index in [1.165, 1.54) is 38.5 Å². The van der Waals surface area contributed by atoms with Crippen LogP contribution >= 0.6 is 11.8 Å². The van der Waals surface area contributed by atoms with E-state index in [1.54, 1.807) is 0 Å². The number of rotatable bonds is 5. The Morgan fingerprint density at radius 1 is 1.04 bits per heavy atom. The van der Waals surface area contributed by atoms with Crippen molar-refractivity contribution in [3.05, 3.63) is 0 Å². The van der Waals surface area contributed by atoms with Crippen LogP contribution in [0.4, 0.5) is 4.79 Å². The molecular formula is C18H30N2O2S. The van der Waals surface area contributed by atoms with E-state index in [9.17, 15) is 4.79 Å². The van der Waals surface area contributed by atoms with Gasteiger partial charge in [0.05, 0.1) is 0 Å². The molecule has 5 fully saturated rings. The van der Waals surface area contributed by atoms with Crippen LogP contribution in [0.2, 0.25) is 0 Å². The van der Waals surface area contributed by atoms with Gasteiger partial charge in [-0.05, 0) is 69.1 Å². The highest BCUT2D eigenvalue weighted by Gasteiger charge is 2.51. The van der Waals surface area contributed by atoms with E-state index in [2.05, 4.69) is 10.6 Å². The number of ether oxygens (including phenoxy) is 1. The van der Waals surface area contributed by atoms with E-state index < -0.39 is 0 Å². The Balaban J connectivity index is 1.18. The molecule has 0 radical (unpaired) electrons. The first kappa shape index (κ1) is 16.1. The van der Waals surface area contributed by atoms with E-state index in [0.29, 0.717) is 0 Å². The van der Waals surface area contributed by atoms with Crippen molar-refractivity contribution < 1.29 is 9.53 Å². The fraction of sp³-hybridized carbons (Fsp3) is 0.944. The molecule has 0 aromatic heterocycles. The first-order valence-corrected chi connectivity index (χ1v) is 10.5. The maximum Gasteiger partial charge on any atom is 0.315 e. The normalized spacial score (nSPS) is 39.4. The Kier molecular flexibility index (Phi) is 4.77. The summed E-state index contributed by atoms with van der Waals surface area (Å²) in [6.45, 7) is 2.58. The number of carbonyl (C=O) groups excluding carboxylic acids is 1. The van der Waals surface area contributed by atoms with Gasteiger partial charge in [-0.2, -0.15) is 11.8 Å². The third-order valence-corrected chi connectivity index (χ3v) is 7.71. The molecule has 4 nitrogen and oxygen atoms in total. The maximum absolute atomic E-state index is 12.3. The van der Waals surface area contributed by atoms with Crippen LogP contribution in [0.25, 0.3) is 0 Å². The Labute approximate surface area is 143 Å². The summed E-state index contributed by atoms with van der Waals surface area (Å²) in [7, 11) is 0. The van der Waals surface area contributed by atoms with E-state index >= 15 is 0 Å². The summed E-state index contributed by atoms with van der Waals surface area (Å²) in [5.74, 6) is 3.65. The summed E-state index contributed by atoms with van der Waals surface area (Å²) in [5.41, 5.74) is 0.132. The molecule has 4 saturated carbocycles. The topological polar surface area (TPSA) is 50.4 Å². The predicted octanol–water partition coefficient (Wildman–Crippen LogP) is 3.17. The van der Waals surface area contributed by atoms with Gasteiger partial charge in [0.2, 0.25) is 0 Å². The molecule has 0 atom stereocenters. The second-order valence-corrected chi connectivity index (χ2v) is 9.67. The summed E-state index contributed by atoms with van der Waals surface area (Å²) in [6.07, 6.45) is 10.3. The Bertz CT molecular complexity index is 401. The molecule has 5 heteroatoms. The van der Waals surface area contributed by atoms with Gasteiger partial charge in [-0.25, -0.2) is 4.79 Å². The molecule has 1 saturated heterocycles. The molecule has 0 unspecified atom stereocenters. The van der Waals surface area contributed by atoms with Gasteiger partial charge in [0.1, 0.15) is 0 Å². The van der Waals surface area contributed by atoms with Crippen LogP contribution in [0, 0.1) is 17.8 Å². The minimum atomic E-state index is 0.0690. The molecule has 5 rings (SSSR count). The van der Waals surface area contributed by atoms with Gasteiger partial charge in [-0.15, -0.1) is 0 Å². The summed E-state index contributed by atoms with van der Waals surface area (Å²) in [5, 5.41) is 7.20. The lowest BCUT2D eigenvalue weighted by atomic mass is 9.53. The van der Waals surface area contributed by atoms with Crippen molar-refractivity contribution in [2.45, 2.75) is 62.2 Å². The van der Waals surface area contributed by atoms with E-state index in [1.807, 2.05) is 11.8 Å². The largest absolute Gasteiger partial charge is 0.381 e. The van der Waals surface area contributed by atoms with Gasteiger partial charge >= 0.3 is 6.03 Å². The zero-order valence-electron chi connectivity index (χ0n) is 14.0. The molecule has 0 aromatic carbocycles. The Morgan fingerprint density at radius 2 is 1.65 bits per heavy atom. The zero-order valence-corrected chi connectivity index (χ0v) is 14.8. The fourth-order valence-electron chi connectivity index (χ4n) is 5.78. The van der Waals surface area contributed by atoms with E-state index in [4.69, 9.17) is 4.74 Å². The van der Waals surface area contributed by atoms with E-state index in [-0.39, 0.29) is 11.6 Å². The Hall–Kier alpha value is -0.420. The molecule has 2 N–H and O–H groups in total. The highest BCUT2D eigenvalue weighted by molar-refractivity contribution is 7.99. The quantitative estimate of drug-likeness (QED) is 0.757. The summed E-state index contributed by atoms with van der Waals surface area (Å²) in [6, 6.07) is 0.0690. The number of nitrogens with one attached hydrogen (secondary N) is 2. The van der Waals surface area contributed by atoms with Crippen molar-refractivity contribution in [1.82, 2.24) is 10.6 Å². The number of urea groups is 1. The van der Waals surface area contributed by atoms with Crippen molar-refractivity contribution in [3.8, 4) is 0 Å². The van der Waals surface area contributed by atoms with Crippen molar-refractivity contribution in [1.29, 1.82) is 0 Å². The molecular weight excluding hydrogens is 308 g/mol. The van der Waals surface area contributed by atoms with Crippen LogP contribution < -0.4 is 10.6 Å². The van der Waals surface area contributed by atoms with Crippen molar-refractivity contribution in [2.24, 2.45) is 17.8 Å². The van der Waals surface area contributed by atoms with Crippen molar-refractivity contribution in [3.63, 3.8) is 0 Å². The highest BCUT2D eigenvalue weighted by Crippen LogP contribution is 2.55. The predicted molar refractivity (Wildman–Crippen MR) is 93.7 cm³/mol. The van der Waals surface area contributed by atoms with Crippen molar-refractivity contribution in [2.75, 3.05) is 25.5 Å². The SMILES string of the molecule is O=C(NCCSC1CCOCC1)NC12CC3CC(CC(C3)C1)C2. The molecule has 4 bridgehead atoms. The lowest BCUT2D eigenvalue weighted by Gasteiger charge is -2.56. The van der Waals surface area contributed by atoms with Crippen molar-refractivity contribution >= 4 is 17.8 Å². The Morgan fingerprint density at radius 3 is 2.26 bits per heavy atom. The van der Waals surface area contributed by atoms with E-state index in [0.717, 1.165) is 61.4 Å². The van der Waals surface area contributed by atoms with Crippen LogP contribution in [0.15, 0.2) is 0 Å². The highest BCUT2D eigenvalue weighted by atomic mass is 32.2. The van der Waals surface area contributed by atoms with Crippen LogP contribution in [0.5, 0.6) is 0 Å². The second kappa shape index (κ2) is 6.83. The van der Waals surface area contributed by atoms with Crippen LogP contribution in [0.3, 0.4) is 0 Å². The first-order valence-electron chi connectivity index (χ1n) is 9.46. The summed E-state index contributed by atoms with van der Waals surface area (Å²) >= 11 is 1.99. The third-order valence-electron chi connectivity index (χ3n) is 6.33. The summed E-state index contributed by atoms with van der Waals surface area (Å²) in [4.78, 5) is 12.3. The molecule has 2 amide bonds.